The Bertz CT molecular complexity index is 952. The second-order valence-electron chi connectivity index (χ2n) is 6.99. The number of nitro benzene ring substituents is 1. The molecule has 2 aromatic carbocycles. The summed E-state index contributed by atoms with van der Waals surface area (Å²) in [5.41, 5.74) is 1.85. The molecule has 0 saturated carbocycles. The Morgan fingerprint density at radius 1 is 1.14 bits per heavy atom. The van der Waals surface area contributed by atoms with Crippen molar-refractivity contribution in [3.63, 3.8) is 0 Å². The Balaban J connectivity index is 1.63. The Morgan fingerprint density at radius 2 is 1.76 bits per heavy atom. The molecule has 150 valence electrons. The molecule has 1 fully saturated rings. The molecule has 1 aliphatic heterocycles. The number of non-ortho nitro benzene ring substituents is 1. The minimum atomic E-state index is -0.964. The number of rotatable bonds is 6. The summed E-state index contributed by atoms with van der Waals surface area (Å²) in [6.45, 7) is 3.51. The summed E-state index contributed by atoms with van der Waals surface area (Å²) in [5, 5.41) is 10.8. The van der Waals surface area contributed by atoms with Crippen LogP contribution >= 0.6 is 0 Å². The highest BCUT2D eigenvalue weighted by molar-refractivity contribution is 6.02. The lowest BCUT2D eigenvalue weighted by Crippen LogP contribution is -2.30. The number of carbonyl (C=O) groups excluding carboxylic acids is 3. The Morgan fingerprint density at radius 3 is 2.34 bits per heavy atom. The number of benzene rings is 2. The van der Waals surface area contributed by atoms with E-state index in [0.29, 0.717) is 11.3 Å². The average molecular weight is 396 g/mol. The third-order valence-corrected chi connectivity index (χ3v) is 4.83. The quantitative estimate of drug-likeness (QED) is 0.321. The molecule has 1 aliphatic rings. The van der Waals surface area contributed by atoms with E-state index < -0.39 is 22.9 Å². The zero-order valence-corrected chi connectivity index (χ0v) is 16.0. The standard InChI is InChI=1S/C21H20N2O6/c1-13-3-5-15(6-4-13)20(25)14(2)29-21(26)16-11-19(24)22(12-16)17-7-9-18(10-8-17)23(27)28/h3-10,14,16H,11-12H2,1-2H3/t14-,16-/m1/s1. The van der Waals surface area contributed by atoms with Crippen LogP contribution in [0.5, 0.6) is 0 Å². The predicted molar refractivity (Wildman–Crippen MR) is 105 cm³/mol. The van der Waals surface area contributed by atoms with Crippen LogP contribution in [-0.2, 0) is 14.3 Å². The largest absolute Gasteiger partial charge is 0.454 e. The maximum absolute atomic E-state index is 12.5. The second-order valence-corrected chi connectivity index (χ2v) is 6.99. The molecule has 3 rings (SSSR count). The van der Waals surface area contributed by atoms with Crippen molar-refractivity contribution < 1.29 is 24.0 Å². The first-order valence-electron chi connectivity index (χ1n) is 9.12. The van der Waals surface area contributed by atoms with Gasteiger partial charge in [0, 0.05) is 36.3 Å². The van der Waals surface area contributed by atoms with Gasteiger partial charge in [-0.05, 0) is 26.0 Å². The molecule has 0 unspecified atom stereocenters. The minimum absolute atomic E-state index is 0.0404. The van der Waals surface area contributed by atoms with Gasteiger partial charge in [-0.3, -0.25) is 24.5 Å². The van der Waals surface area contributed by atoms with Crippen molar-refractivity contribution in [3.8, 4) is 0 Å². The summed E-state index contributed by atoms with van der Waals surface area (Å²) in [7, 11) is 0. The maximum atomic E-state index is 12.5. The summed E-state index contributed by atoms with van der Waals surface area (Å²) in [6, 6.07) is 12.5. The van der Waals surface area contributed by atoms with Crippen molar-refractivity contribution in [2.75, 3.05) is 11.4 Å². The maximum Gasteiger partial charge on any atom is 0.312 e. The van der Waals surface area contributed by atoms with Crippen LogP contribution in [0.4, 0.5) is 11.4 Å². The van der Waals surface area contributed by atoms with E-state index in [2.05, 4.69) is 0 Å². The average Bonchev–Trinajstić information content (AvgIpc) is 3.10. The molecule has 29 heavy (non-hydrogen) atoms. The number of hydrogen-bond acceptors (Lipinski definition) is 6. The molecule has 8 nitrogen and oxygen atoms in total. The number of ether oxygens (including phenoxy) is 1. The van der Waals surface area contributed by atoms with Gasteiger partial charge in [0.25, 0.3) is 5.69 Å². The lowest BCUT2D eigenvalue weighted by molar-refractivity contribution is -0.384. The smallest absolute Gasteiger partial charge is 0.312 e. The van der Waals surface area contributed by atoms with Crippen LogP contribution in [0.3, 0.4) is 0 Å². The van der Waals surface area contributed by atoms with Crippen LogP contribution in [0.1, 0.15) is 29.3 Å². The van der Waals surface area contributed by atoms with E-state index in [9.17, 15) is 24.5 Å². The summed E-state index contributed by atoms with van der Waals surface area (Å²) in [6.07, 6.45) is -1.00. The van der Waals surface area contributed by atoms with Crippen LogP contribution < -0.4 is 4.90 Å². The van der Waals surface area contributed by atoms with Gasteiger partial charge in [0.1, 0.15) is 0 Å². The van der Waals surface area contributed by atoms with Crippen molar-refractivity contribution in [3.05, 3.63) is 69.8 Å². The lowest BCUT2D eigenvalue weighted by atomic mass is 10.1. The highest BCUT2D eigenvalue weighted by atomic mass is 16.6. The van der Waals surface area contributed by atoms with Crippen molar-refractivity contribution in [2.24, 2.45) is 5.92 Å². The van der Waals surface area contributed by atoms with E-state index in [4.69, 9.17) is 4.74 Å². The molecular formula is C21H20N2O6. The summed E-state index contributed by atoms with van der Waals surface area (Å²) in [4.78, 5) is 48.8. The molecule has 0 spiro atoms. The van der Waals surface area contributed by atoms with Crippen LogP contribution in [0, 0.1) is 23.0 Å². The SMILES string of the molecule is Cc1ccc(C(=O)[C@@H](C)OC(=O)[C@@H]2CC(=O)N(c3ccc([N+](=O)[O-])cc3)C2)cc1. The molecule has 1 saturated heterocycles. The number of hydrogen-bond donors (Lipinski definition) is 0. The number of carbonyl (C=O) groups is 3. The third kappa shape index (κ3) is 4.48. The zero-order chi connectivity index (χ0) is 21.1. The second kappa shape index (κ2) is 8.22. The van der Waals surface area contributed by atoms with Crippen molar-refractivity contribution in [1.29, 1.82) is 0 Å². The third-order valence-electron chi connectivity index (χ3n) is 4.83. The van der Waals surface area contributed by atoms with Crippen LogP contribution in [-0.4, -0.2) is 35.2 Å². The zero-order valence-electron chi connectivity index (χ0n) is 16.0. The molecule has 0 N–H and O–H groups in total. The first-order chi connectivity index (χ1) is 13.8. The molecule has 0 bridgehead atoms. The fourth-order valence-electron chi connectivity index (χ4n) is 3.15. The molecule has 0 radical (unpaired) electrons. The first kappa shape index (κ1) is 20.2. The molecule has 1 heterocycles. The van der Waals surface area contributed by atoms with Crippen molar-refractivity contribution >= 4 is 29.0 Å². The number of amides is 1. The van der Waals surface area contributed by atoms with E-state index >= 15 is 0 Å². The molecule has 8 heteroatoms. The number of anilines is 1. The van der Waals surface area contributed by atoms with Gasteiger partial charge in [-0.25, -0.2) is 0 Å². The summed E-state index contributed by atoms with van der Waals surface area (Å²) in [5.74, 6) is -1.91. The highest BCUT2D eigenvalue weighted by Crippen LogP contribution is 2.27. The minimum Gasteiger partial charge on any atom is -0.454 e. The summed E-state index contributed by atoms with van der Waals surface area (Å²) >= 11 is 0. The molecule has 0 aliphatic carbocycles. The van der Waals surface area contributed by atoms with Gasteiger partial charge in [-0.2, -0.15) is 0 Å². The molecule has 0 aromatic heterocycles. The van der Waals surface area contributed by atoms with Gasteiger partial charge in [0.2, 0.25) is 11.7 Å². The Hall–Kier alpha value is -3.55. The Kier molecular flexibility index (Phi) is 5.72. The van der Waals surface area contributed by atoms with Crippen molar-refractivity contribution in [1.82, 2.24) is 0 Å². The monoisotopic (exact) mass is 396 g/mol. The lowest BCUT2D eigenvalue weighted by Gasteiger charge is -2.17. The first-order valence-corrected chi connectivity index (χ1v) is 9.12. The van der Waals surface area contributed by atoms with E-state index in [1.807, 2.05) is 6.92 Å². The summed E-state index contributed by atoms with van der Waals surface area (Å²) < 4.78 is 5.31. The Labute approximate surface area is 167 Å². The van der Waals surface area contributed by atoms with Gasteiger partial charge in [0.15, 0.2) is 6.10 Å². The highest BCUT2D eigenvalue weighted by Gasteiger charge is 2.37. The van der Waals surface area contributed by atoms with E-state index in [1.165, 1.54) is 36.1 Å². The van der Waals surface area contributed by atoms with Crippen LogP contribution in [0.25, 0.3) is 0 Å². The number of Topliss-reactive ketones (excluding diaryl/α,β-unsaturated/α-hetero) is 1. The van der Waals surface area contributed by atoms with Gasteiger partial charge >= 0.3 is 5.97 Å². The predicted octanol–water partition coefficient (Wildman–Crippen LogP) is 3.07. The molecule has 2 aromatic rings. The molecular weight excluding hydrogens is 376 g/mol. The van der Waals surface area contributed by atoms with Gasteiger partial charge in [0.05, 0.1) is 10.8 Å². The topological polar surface area (TPSA) is 107 Å². The molecule has 2 atom stereocenters. The number of esters is 1. The van der Waals surface area contributed by atoms with Crippen LogP contribution in [0.15, 0.2) is 48.5 Å². The van der Waals surface area contributed by atoms with Gasteiger partial charge in [-0.15, -0.1) is 0 Å². The van der Waals surface area contributed by atoms with Gasteiger partial charge < -0.3 is 9.64 Å². The molecule has 1 amide bonds. The van der Waals surface area contributed by atoms with Crippen LogP contribution in [0.2, 0.25) is 0 Å². The van der Waals surface area contributed by atoms with E-state index in [1.54, 1.807) is 24.3 Å². The normalized spacial score (nSPS) is 17.1. The van der Waals surface area contributed by atoms with E-state index in [0.717, 1.165) is 5.56 Å². The number of aryl methyl sites for hydroxylation is 1. The fraction of sp³-hybridized carbons (Fsp3) is 0.286. The number of nitrogens with zero attached hydrogens (tertiary/aromatic N) is 2. The fourth-order valence-corrected chi connectivity index (χ4v) is 3.15. The number of ketones is 1. The number of nitro groups is 1. The van der Waals surface area contributed by atoms with E-state index in [-0.39, 0.29) is 30.3 Å². The van der Waals surface area contributed by atoms with Gasteiger partial charge in [-0.1, -0.05) is 29.8 Å². The van der Waals surface area contributed by atoms with Crippen molar-refractivity contribution in [2.45, 2.75) is 26.4 Å².